The Hall–Kier alpha value is -2.89. The summed E-state index contributed by atoms with van der Waals surface area (Å²) in [7, 11) is 0. The molecule has 0 aliphatic carbocycles. The predicted molar refractivity (Wildman–Crippen MR) is 75.4 cm³/mol. The Morgan fingerprint density at radius 1 is 1.20 bits per heavy atom. The lowest BCUT2D eigenvalue weighted by atomic mass is 10.1. The van der Waals surface area contributed by atoms with Crippen LogP contribution < -0.4 is 11.1 Å². The van der Waals surface area contributed by atoms with Crippen LogP contribution in [0.15, 0.2) is 48.5 Å². The van der Waals surface area contributed by atoms with Crippen LogP contribution in [0.4, 0.5) is 11.4 Å². The van der Waals surface area contributed by atoms with Crippen molar-refractivity contribution in [3.8, 4) is 0 Å². The minimum atomic E-state index is -0.629. The first-order chi connectivity index (χ1) is 9.58. The fourth-order valence-electron chi connectivity index (χ4n) is 1.80. The standard InChI is InChI=1S/C14H13N3O3/c15-14(18)12-7-6-11(17(19)20)8-13(12)16-9-10-4-2-1-3-5-10/h1-8,16H,9H2,(H2,15,18). The summed E-state index contributed by atoms with van der Waals surface area (Å²) in [4.78, 5) is 21.6. The van der Waals surface area contributed by atoms with Crippen molar-refractivity contribution >= 4 is 17.3 Å². The van der Waals surface area contributed by atoms with Crippen LogP contribution in [0.1, 0.15) is 15.9 Å². The average molecular weight is 271 g/mol. The van der Waals surface area contributed by atoms with E-state index >= 15 is 0 Å². The highest BCUT2D eigenvalue weighted by molar-refractivity contribution is 5.98. The van der Waals surface area contributed by atoms with E-state index in [2.05, 4.69) is 5.32 Å². The maximum atomic E-state index is 11.3. The molecule has 20 heavy (non-hydrogen) atoms. The first-order valence-corrected chi connectivity index (χ1v) is 5.94. The highest BCUT2D eigenvalue weighted by Gasteiger charge is 2.13. The van der Waals surface area contributed by atoms with E-state index in [1.54, 1.807) is 0 Å². The largest absolute Gasteiger partial charge is 0.380 e. The SMILES string of the molecule is NC(=O)c1ccc([N+](=O)[O-])cc1NCc1ccccc1. The summed E-state index contributed by atoms with van der Waals surface area (Å²) < 4.78 is 0. The molecule has 0 bridgehead atoms. The molecular weight excluding hydrogens is 258 g/mol. The zero-order valence-corrected chi connectivity index (χ0v) is 10.6. The predicted octanol–water partition coefficient (Wildman–Crippen LogP) is 2.31. The average Bonchev–Trinajstić information content (AvgIpc) is 2.45. The number of nitrogens with zero attached hydrogens (tertiary/aromatic N) is 1. The molecule has 0 unspecified atom stereocenters. The third-order valence-electron chi connectivity index (χ3n) is 2.81. The summed E-state index contributed by atoms with van der Waals surface area (Å²) >= 11 is 0. The number of nitro benzene ring substituents is 1. The number of rotatable bonds is 5. The smallest absolute Gasteiger partial charge is 0.271 e. The Kier molecular flexibility index (Phi) is 3.95. The molecule has 2 aromatic rings. The molecule has 102 valence electrons. The molecule has 0 atom stereocenters. The lowest BCUT2D eigenvalue weighted by Gasteiger charge is -2.10. The van der Waals surface area contributed by atoms with Crippen molar-refractivity contribution < 1.29 is 9.72 Å². The number of anilines is 1. The number of benzene rings is 2. The molecule has 0 saturated carbocycles. The number of primary amides is 1. The normalized spacial score (nSPS) is 10.0. The van der Waals surface area contributed by atoms with Crippen LogP contribution in [-0.2, 0) is 6.54 Å². The zero-order chi connectivity index (χ0) is 14.5. The van der Waals surface area contributed by atoms with Crippen molar-refractivity contribution in [2.45, 2.75) is 6.54 Å². The van der Waals surface area contributed by atoms with Crippen molar-refractivity contribution in [2.75, 3.05) is 5.32 Å². The highest BCUT2D eigenvalue weighted by atomic mass is 16.6. The number of nitro groups is 1. The Bertz CT molecular complexity index is 641. The number of nitrogens with two attached hydrogens (primary N) is 1. The van der Waals surface area contributed by atoms with Gasteiger partial charge in [0, 0.05) is 18.7 Å². The monoisotopic (exact) mass is 271 g/mol. The van der Waals surface area contributed by atoms with Crippen molar-refractivity contribution in [1.82, 2.24) is 0 Å². The summed E-state index contributed by atoms with van der Waals surface area (Å²) in [5, 5.41) is 13.8. The molecule has 0 heterocycles. The second-order valence-electron chi connectivity index (χ2n) is 4.19. The first-order valence-electron chi connectivity index (χ1n) is 5.94. The van der Waals surface area contributed by atoms with Crippen LogP contribution in [0.5, 0.6) is 0 Å². The van der Waals surface area contributed by atoms with Gasteiger partial charge in [-0.25, -0.2) is 0 Å². The molecule has 0 aliphatic heterocycles. The Morgan fingerprint density at radius 2 is 1.90 bits per heavy atom. The summed E-state index contributed by atoms with van der Waals surface area (Å²) in [6.07, 6.45) is 0. The molecular formula is C14H13N3O3. The maximum Gasteiger partial charge on any atom is 0.271 e. The van der Waals surface area contributed by atoms with Crippen LogP contribution in [0.2, 0.25) is 0 Å². The van der Waals surface area contributed by atoms with E-state index in [0.717, 1.165) is 5.56 Å². The third kappa shape index (κ3) is 3.11. The van der Waals surface area contributed by atoms with Gasteiger partial charge in [-0.1, -0.05) is 30.3 Å². The fraction of sp³-hybridized carbons (Fsp3) is 0.0714. The van der Waals surface area contributed by atoms with Gasteiger partial charge in [0.1, 0.15) is 0 Å². The molecule has 1 amide bonds. The van der Waals surface area contributed by atoms with Crippen LogP contribution >= 0.6 is 0 Å². The third-order valence-corrected chi connectivity index (χ3v) is 2.81. The molecule has 0 saturated heterocycles. The van der Waals surface area contributed by atoms with Crippen molar-refractivity contribution in [2.24, 2.45) is 5.73 Å². The fourth-order valence-corrected chi connectivity index (χ4v) is 1.80. The number of non-ortho nitro benzene ring substituents is 1. The van der Waals surface area contributed by atoms with Gasteiger partial charge < -0.3 is 11.1 Å². The Labute approximate surface area is 115 Å². The maximum absolute atomic E-state index is 11.3. The van der Waals surface area contributed by atoms with E-state index in [0.29, 0.717) is 12.2 Å². The molecule has 3 N–H and O–H groups in total. The van der Waals surface area contributed by atoms with Gasteiger partial charge in [-0.05, 0) is 11.6 Å². The molecule has 6 heteroatoms. The van der Waals surface area contributed by atoms with Gasteiger partial charge in [0.25, 0.3) is 11.6 Å². The molecule has 2 aromatic carbocycles. The number of carbonyl (C=O) groups is 1. The molecule has 0 aliphatic rings. The second-order valence-corrected chi connectivity index (χ2v) is 4.19. The summed E-state index contributed by atoms with van der Waals surface area (Å²) in [6, 6.07) is 13.4. The van der Waals surface area contributed by atoms with E-state index in [9.17, 15) is 14.9 Å². The molecule has 2 rings (SSSR count). The lowest BCUT2D eigenvalue weighted by molar-refractivity contribution is -0.384. The van der Waals surface area contributed by atoms with Gasteiger partial charge in [0.2, 0.25) is 0 Å². The molecule has 0 fully saturated rings. The van der Waals surface area contributed by atoms with Crippen molar-refractivity contribution in [1.29, 1.82) is 0 Å². The summed E-state index contributed by atoms with van der Waals surface area (Å²) in [5.41, 5.74) is 6.75. The molecule has 0 radical (unpaired) electrons. The molecule has 0 aromatic heterocycles. The van der Waals surface area contributed by atoms with E-state index in [-0.39, 0.29) is 11.3 Å². The topological polar surface area (TPSA) is 98.3 Å². The Morgan fingerprint density at radius 3 is 2.50 bits per heavy atom. The number of carbonyl (C=O) groups excluding carboxylic acids is 1. The Balaban J connectivity index is 2.26. The van der Waals surface area contributed by atoms with Gasteiger partial charge in [-0.3, -0.25) is 14.9 Å². The molecule has 0 spiro atoms. The minimum absolute atomic E-state index is 0.0921. The van der Waals surface area contributed by atoms with Gasteiger partial charge in [0.05, 0.1) is 16.2 Å². The van der Waals surface area contributed by atoms with Crippen LogP contribution in [0.25, 0.3) is 0 Å². The number of nitrogens with one attached hydrogen (secondary N) is 1. The number of hydrogen-bond acceptors (Lipinski definition) is 4. The number of amides is 1. The summed E-state index contributed by atoms with van der Waals surface area (Å²) in [5.74, 6) is -0.629. The molecule has 6 nitrogen and oxygen atoms in total. The highest BCUT2D eigenvalue weighted by Crippen LogP contribution is 2.23. The van der Waals surface area contributed by atoms with Crippen LogP contribution in [-0.4, -0.2) is 10.8 Å². The van der Waals surface area contributed by atoms with Gasteiger partial charge in [-0.2, -0.15) is 0 Å². The zero-order valence-electron chi connectivity index (χ0n) is 10.6. The first kappa shape index (κ1) is 13.5. The van der Waals surface area contributed by atoms with E-state index < -0.39 is 10.8 Å². The number of hydrogen-bond donors (Lipinski definition) is 2. The van der Waals surface area contributed by atoms with E-state index in [1.165, 1.54) is 18.2 Å². The van der Waals surface area contributed by atoms with E-state index in [4.69, 9.17) is 5.73 Å². The van der Waals surface area contributed by atoms with Gasteiger partial charge in [-0.15, -0.1) is 0 Å². The quantitative estimate of drug-likeness (QED) is 0.644. The minimum Gasteiger partial charge on any atom is -0.380 e. The van der Waals surface area contributed by atoms with Crippen LogP contribution in [0.3, 0.4) is 0 Å². The van der Waals surface area contributed by atoms with Crippen molar-refractivity contribution in [3.05, 3.63) is 69.8 Å². The van der Waals surface area contributed by atoms with Crippen molar-refractivity contribution in [3.63, 3.8) is 0 Å². The summed E-state index contributed by atoms with van der Waals surface area (Å²) in [6.45, 7) is 0.447. The van der Waals surface area contributed by atoms with E-state index in [1.807, 2.05) is 30.3 Å². The lowest BCUT2D eigenvalue weighted by Crippen LogP contribution is -2.14. The van der Waals surface area contributed by atoms with Gasteiger partial charge in [0.15, 0.2) is 0 Å². The van der Waals surface area contributed by atoms with Gasteiger partial charge >= 0.3 is 0 Å². The van der Waals surface area contributed by atoms with Crippen LogP contribution in [0, 0.1) is 10.1 Å². The second kappa shape index (κ2) is 5.83.